The lowest BCUT2D eigenvalue weighted by Crippen LogP contribution is -2.12. The van der Waals surface area contributed by atoms with Crippen molar-refractivity contribution in [2.24, 2.45) is 0 Å². The molecular weight excluding hydrogens is 226 g/mol. The molecule has 0 saturated heterocycles. The molecule has 1 aromatic heterocycles. The Labute approximate surface area is 107 Å². The number of aliphatic hydroxyl groups is 1. The van der Waals surface area contributed by atoms with Gasteiger partial charge in [-0.3, -0.25) is 0 Å². The third-order valence-electron chi connectivity index (χ3n) is 2.93. The van der Waals surface area contributed by atoms with Crippen molar-refractivity contribution in [2.45, 2.75) is 33.0 Å². The van der Waals surface area contributed by atoms with Gasteiger partial charge in [-0.1, -0.05) is 31.2 Å². The smallest absolute Gasteiger partial charge is 0.129 e. The summed E-state index contributed by atoms with van der Waals surface area (Å²) in [5.74, 6) is 1.46. The molecule has 0 aliphatic rings. The van der Waals surface area contributed by atoms with E-state index in [1.165, 1.54) is 11.1 Å². The van der Waals surface area contributed by atoms with Crippen LogP contribution in [0.25, 0.3) is 0 Å². The molecule has 0 amide bonds. The molecule has 3 heteroatoms. The fourth-order valence-electron chi connectivity index (χ4n) is 1.83. The number of hydrogen-bond acceptors (Lipinski definition) is 3. The van der Waals surface area contributed by atoms with Crippen molar-refractivity contribution in [3.8, 4) is 0 Å². The van der Waals surface area contributed by atoms with Gasteiger partial charge in [0.2, 0.25) is 0 Å². The largest absolute Gasteiger partial charge is 0.462 e. The third kappa shape index (κ3) is 3.45. The molecule has 1 heterocycles. The third-order valence-corrected chi connectivity index (χ3v) is 2.93. The van der Waals surface area contributed by atoms with Gasteiger partial charge in [-0.2, -0.15) is 0 Å². The van der Waals surface area contributed by atoms with E-state index in [0.29, 0.717) is 12.3 Å². The quantitative estimate of drug-likeness (QED) is 0.822. The first-order valence-electron chi connectivity index (χ1n) is 6.28. The van der Waals surface area contributed by atoms with Gasteiger partial charge in [-0.15, -0.1) is 0 Å². The monoisotopic (exact) mass is 245 g/mol. The minimum Gasteiger partial charge on any atom is -0.462 e. The predicted molar refractivity (Wildman–Crippen MR) is 71.0 cm³/mol. The number of benzene rings is 1. The number of rotatable bonds is 6. The molecule has 0 spiro atoms. The van der Waals surface area contributed by atoms with E-state index >= 15 is 0 Å². The average molecular weight is 245 g/mol. The molecule has 0 aliphatic heterocycles. The second kappa shape index (κ2) is 6.38. The number of nitrogens with one attached hydrogen (secondary N) is 1. The highest BCUT2D eigenvalue weighted by molar-refractivity contribution is 5.22. The van der Waals surface area contributed by atoms with Crippen LogP contribution in [-0.2, 0) is 26.1 Å². The summed E-state index contributed by atoms with van der Waals surface area (Å²) in [6, 6.07) is 12.3. The van der Waals surface area contributed by atoms with Crippen LogP contribution in [0.1, 0.15) is 29.6 Å². The molecule has 3 nitrogen and oxygen atoms in total. The summed E-state index contributed by atoms with van der Waals surface area (Å²) in [6.45, 7) is 3.61. The van der Waals surface area contributed by atoms with E-state index in [1.807, 2.05) is 6.07 Å². The van der Waals surface area contributed by atoms with Crippen molar-refractivity contribution in [3.05, 3.63) is 59.0 Å². The van der Waals surface area contributed by atoms with Crippen LogP contribution in [0.4, 0.5) is 0 Å². The zero-order valence-electron chi connectivity index (χ0n) is 10.6. The van der Waals surface area contributed by atoms with Gasteiger partial charge in [0.05, 0.1) is 6.54 Å². The molecule has 2 rings (SSSR count). The molecule has 0 bridgehead atoms. The van der Waals surface area contributed by atoms with Crippen molar-refractivity contribution >= 4 is 0 Å². The van der Waals surface area contributed by atoms with Gasteiger partial charge in [0.25, 0.3) is 0 Å². The van der Waals surface area contributed by atoms with Gasteiger partial charge in [0.15, 0.2) is 0 Å². The lowest BCUT2D eigenvalue weighted by atomic mass is 10.1. The van der Waals surface area contributed by atoms with E-state index in [-0.39, 0.29) is 6.61 Å². The number of furan rings is 1. The summed E-state index contributed by atoms with van der Waals surface area (Å²) in [5.41, 5.74) is 2.62. The molecular formula is C15H19NO2. The highest BCUT2D eigenvalue weighted by Crippen LogP contribution is 2.08. The highest BCUT2D eigenvalue weighted by atomic mass is 16.4. The van der Waals surface area contributed by atoms with E-state index in [9.17, 15) is 0 Å². The van der Waals surface area contributed by atoms with Crippen LogP contribution < -0.4 is 5.32 Å². The van der Waals surface area contributed by atoms with Crippen molar-refractivity contribution in [1.29, 1.82) is 0 Å². The maximum Gasteiger partial charge on any atom is 0.129 e. The Kier molecular flexibility index (Phi) is 4.56. The Morgan fingerprint density at radius 1 is 0.944 bits per heavy atom. The summed E-state index contributed by atoms with van der Waals surface area (Å²) in [6.07, 6.45) is 1.07. The zero-order valence-corrected chi connectivity index (χ0v) is 10.6. The molecule has 0 fully saturated rings. The fourth-order valence-corrected chi connectivity index (χ4v) is 1.83. The molecule has 18 heavy (non-hydrogen) atoms. The summed E-state index contributed by atoms with van der Waals surface area (Å²) in [4.78, 5) is 0. The first kappa shape index (κ1) is 12.9. The Morgan fingerprint density at radius 2 is 1.61 bits per heavy atom. The molecule has 96 valence electrons. The summed E-state index contributed by atoms with van der Waals surface area (Å²) >= 11 is 0. The second-order valence-electron chi connectivity index (χ2n) is 4.30. The van der Waals surface area contributed by atoms with Gasteiger partial charge in [-0.25, -0.2) is 0 Å². The Balaban J connectivity index is 1.80. The molecule has 0 atom stereocenters. The Hall–Kier alpha value is -1.58. The lowest BCUT2D eigenvalue weighted by molar-refractivity contribution is 0.242. The Bertz CT molecular complexity index is 473. The Morgan fingerprint density at radius 3 is 2.22 bits per heavy atom. The van der Waals surface area contributed by atoms with Gasteiger partial charge >= 0.3 is 0 Å². The van der Waals surface area contributed by atoms with Crippen molar-refractivity contribution < 1.29 is 9.52 Å². The predicted octanol–water partition coefficient (Wildman–Crippen LogP) is 2.62. The van der Waals surface area contributed by atoms with Crippen LogP contribution in [0.3, 0.4) is 0 Å². The van der Waals surface area contributed by atoms with E-state index in [0.717, 1.165) is 18.7 Å². The minimum atomic E-state index is -0.0432. The van der Waals surface area contributed by atoms with Gasteiger partial charge in [-0.05, 0) is 29.7 Å². The van der Waals surface area contributed by atoms with E-state index in [2.05, 4.69) is 36.5 Å². The molecule has 0 saturated carbocycles. The van der Waals surface area contributed by atoms with Crippen LogP contribution >= 0.6 is 0 Å². The van der Waals surface area contributed by atoms with Crippen molar-refractivity contribution in [2.75, 3.05) is 0 Å². The minimum absolute atomic E-state index is 0.0432. The molecule has 0 radical (unpaired) electrons. The van der Waals surface area contributed by atoms with Crippen molar-refractivity contribution in [1.82, 2.24) is 5.32 Å². The maximum atomic E-state index is 8.89. The van der Waals surface area contributed by atoms with E-state index in [1.54, 1.807) is 6.07 Å². The lowest BCUT2D eigenvalue weighted by Gasteiger charge is -2.04. The van der Waals surface area contributed by atoms with Gasteiger partial charge in [0.1, 0.15) is 18.1 Å². The highest BCUT2D eigenvalue weighted by Gasteiger charge is 2.00. The van der Waals surface area contributed by atoms with Crippen LogP contribution in [-0.4, -0.2) is 5.11 Å². The molecule has 2 N–H and O–H groups in total. The SMILES string of the molecule is CCc1ccc(CNCc2ccc(CO)o2)cc1. The first-order valence-corrected chi connectivity index (χ1v) is 6.28. The number of aliphatic hydroxyl groups excluding tert-OH is 1. The maximum absolute atomic E-state index is 8.89. The average Bonchev–Trinajstić information content (AvgIpc) is 2.87. The van der Waals surface area contributed by atoms with Gasteiger partial charge < -0.3 is 14.8 Å². The van der Waals surface area contributed by atoms with Crippen LogP contribution in [0.15, 0.2) is 40.8 Å². The fraction of sp³-hybridized carbons (Fsp3) is 0.333. The van der Waals surface area contributed by atoms with Crippen LogP contribution in [0.2, 0.25) is 0 Å². The van der Waals surface area contributed by atoms with Crippen LogP contribution in [0.5, 0.6) is 0 Å². The summed E-state index contributed by atoms with van der Waals surface area (Å²) in [7, 11) is 0. The molecule has 0 unspecified atom stereocenters. The van der Waals surface area contributed by atoms with Gasteiger partial charge in [0, 0.05) is 6.54 Å². The summed E-state index contributed by atoms with van der Waals surface area (Å²) in [5, 5.41) is 12.2. The molecule has 0 aliphatic carbocycles. The molecule has 1 aromatic carbocycles. The van der Waals surface area contributed by atoms with E-state index < -0.39 is 0 Å². The second-order valence-corrected chi connectivity index (χ2v) is 4.30. The number of aryl methyl sites for hydroxylation is 1. The topological polar surface area (TPSA) is 45.4 Å². The summed E-state index contributed by atoms with van der Waals surface area (Å²) < 4.78 is 5.39. The first-order chi connectivity index (χ1) is 8.81. The van der Waals surface area contributed by atoms with Crippen molar-refractivity contribution in [3.63, 3.8) is 0 Å². The normalized spacial score (nSPS) is 10.8. The van der Waals surface area contributed by atoms with Crippen LogP contribution in [0, 0.1) is 0 Å². The zero-order chi connectivity index (χ0) is 12.8. The standard InChI is InChI=1S/C15H19NO2/c1-2-12-3-5-13(6-4-12)9-16-10-14-7-8-15(11-17)18-14/h3-8,16-17H,2,9-11H2,1H3. The van der Waals surface area contributed by atoms with E-state index in [4.69, 9.17) is 9.52 Å². The number of hydrogen-bond donors (Lipinski definition) is 2. The molecule has 2 aromatic rings.